The molecule has 1 fully saturated rings. The molecular weight excluding hydrogens is 164 g/mol. The highest BCUT2D eigenvalue weighted by molar-refractivity contribution is 5.83. The first-order chi connectivity index (χ1) is 6.02. The van der Waals surface area contributed by atoms with Crippen LogP contribution in [0.25, 0.3) is 0 Å². The summed E-state index contributed by atoms with van der Waals surface area (Å²) in [5.41, 5.74) is 0. The first-order valence-corrected chi connectivity index (χ1v) is 5.09. The molecule has 0 aromatic rings. The highest BCUT2D eigenvalue weighted by Gasteiger charge is 2.32. The van der Waals surface area contributed by atoms with Crippen LogP contribution < -0.4 is 5.32 Å². The monoisotopic (exact) mass is 184 g/mol. The van der Waals surface area contributed by atoms with Crippen LogP contribution in [0.4, 0.5) is 0 Å². The molecule has 0 aromatic carbocycles. The SMILES string of the molecule is CC(C)CCN1C(=O)C(C)NC1C. The van der Waals surface area contributed by atoms with E-state index >= 15 is 0 Å². The van der Waals surface area contributed by atoms with Crippen LogP contribution in [0, 0.1) is 5.92 Å². The number of nitrogens with zero attached hydrogens (tertiary/aromatic N) is 1. The summed E-state index contributed by atoms with van der Waals surface area (Å²) < 4.78 is 0. The molecule has 3 nitrogen and oxygen atoms in total. The highest BCUT2D eigenvalue weighted by Crippen LogP contribution is 2.12. The third-order valence-corrected chi connectivity index (χ3v) is 2.56. The first kappa shape index (κ1) is 10.5. The number of nitrogens with one attached hydrogen (secondary N) is 1. The molecule has 0 bridgehead atoms. The molecule has 0 aromatic heterocycles. The van der Waals surface area contributed by atoms with Crippen molar-refractivity contribution in [2.75, 3.05) is 6.54 Å². The quantitative estimate of drug-likeness (QED) is 0.714. The number of hydrogen-bond acceptors (Lipinski definition) is 2. The number of carbonyl (C=O) groups is 1. The Balaban J connectivity index is 2.44. The zero-order valence-corrected chi connectivity index (χ0v) is 9.00. The maximum absolute atomic E-state index is 11.6. The molecule has 1 saturated heterocycles. The Kier molecular flexibility index (Phi) is 3.31. The van der Waals surface area contributed by atoms with Crippen molar-refractivity contribution in [1.29, 1.82) is 0 Å². The second-order valence-corrected chi connectivity index (χ2v) is 4.28. The summed E-state index contributed by atoms with van der Waals surface area (Å²) in [5, 5.41) is 3.22. The van der Waals surface area contributed by atoms with Crippen LogP contribution in [0.1, 0.15) is 34.1 Å². The molecule has 0 spiro atoms. The van der Waals surface area contributed by atoms with E-state index in [-0.39, 0.29) is 18.1 Å². The van der Waals surface area contributed by atoms with Gasteiger partial charge in [0.15, 0.2) is 0 Å². The molecular formula is C10H20N2O. The minimum Gasteiger partial charge on any atom is -0.326 e. The number of carbonyl (C=O) groups excluding carboxylic acids is 1. The van der Waals surface area contributed by atoms with Crippen molar-refractivity contribution in [3.05, 3.63) is 0 Å². The predicted molar refractivity (Wildman–Crippen MR) is 53.2 cm³/mol. The van der Waals surface area contributed by atoms with Gasteiger partial charge < -0.3 is 4.90 Å². The van der Waals surface area contributed by atoms with Crippen molar-refractivity contribution in [2.45, 2.75) is 46.3 Å². The molecule has 0 radical (unpaired) electrons. The number of amides is 1. The van der Waals surface area contributed by atoms with Crippen LogP contribution in [0.15, 0.2) is 0 Å². The minimum absolute atomic E-state index is 0.00200. The normalized spacial score (nSPS) is 29.0. The Bertz CT molecular complexity index is 191. The zero-order valence-electron chi connectivity index (χ0n) is 9.00. The van der Waals surface area contributed by atoms with Gasteiger partial charge in [0, 0.05) is 6.54 Å². The maximum atomic E-state index is 11.6. The van der Waals surface area contributed by atoms with E-state index in [0.717, 1.165) is 13.0 Å². The van der Waals surface area contributed by atoms with Gasteiger partial charge in [-0.3, -0.25) is 10.1 Å². The van der Waals surface area contributed by atoms with Gasteiger partial charge in [0.2, 0.25) is 5.91 Å². The van der Waals surface area contributed by atoms with Gasteiger partial charge in [0.05, 0.1) is 12.2 Å². The Morgan fingerprint density at radius 2 is 2.08 bits per heavy atom. The summed E-state index contributed by atoms with van der Waals surface area (Å²) in [6.07, 6.45) is 1.30. The predicted octanol–water partition coefficient (Wildman–Crippen LogP) is 1.20. The third-order valence-electron chi connectivity index (χ3n) is 2.56. The van der Waals surface area contributed by atoms with Gasteiger partial charge in [-0.2, -0.15) is 0 Å². The molecule has 2 unspecified atom stereocenters. The van der Waals surface area contributed by atoms with Crippen molar-refractivity contribution in [1.82, 2.24) is 10.2 Å². The fourth-order valence-corrected chi connectivity index (χ4v) is 1.66. The average Bonchev–Trinajstić information content (AvgIpc) is 2.24. The smallest absolute Gasteiger partial charge is 0.240 e. The Morgan fingerprint density at radius 3 is 2.46 bits per heavy atom. The highest BCUT2D eigenvalue weighted by atomic mass is 16.2. The number of rotatable bonds is 3. The Morgan fingerprint density at radius 1 is 1.46 bits per heavy atom. The lowest BCUT2D eigenvalue weighted by Gasteiger charge is -2.21. The lowest BCUT2D eigenvalue weighted by molar-refractivity contribution is -0.129. The van der Waals surface area contributed by atoms with Gasteiger partial charge >= 0.3 is 0 Å². The van der Waals surface area contributed by atoms with Gasteiger partial charge in [-0.05, 0) is 26.2 Å². The molecule has 1 amide bonds. The second-order valence-electron chi connectivity index (χ2n) is 4.28. The van der Waals surface area contributed by atoms with Crippen LogP contribution in [-0.2, 0) is 4.79 Å². The molecule has 3 heteroatoms. The van der Waals surface area contributed by atoms with E-state index in [1.807, 2.05) is 18.7 Å². The van der Waals surface area contributed by atoms with E-state index in [0.29, 0.717) is 5.92 Å². The van der Waals surface area contributed by atoms with E-state index in [9.17, 15) is 4.79 Å². The van der Waals surface area contributed by atoms with E-state index in [1.54, 1.807) is 0 Å². The van der Waals surface area contributed by atoms with Crippen LogP contribution in [0.3, 0.4) is 0 Å². The molecule has 0 aliphatic carbocycles. The van der Waals surface area contributed by atoms with Crippen LogP contribution >= 0.6 is 0 Å². The largest absolute Gasteiger partial charge is 0.326 e. The van der Waals surface area contributed by atoms with Crippen LogP contribution in [0.5, 0.6) is 0 Å². The molecule has 1 aliphatic heterocycles. The summed E-state index contributed by atoms with van der Waals surface area (Å²) in [6, 6.07) is 0.00200. The second kappa shape index (κ2) is 4.09. The molecule has 1 N–H and O–H groups in total. The summed E-state index contributed by atoms with van der Waals surface area (Å²) in [7, 11) is 0. The lowest BCUT2D eigenvalue weighted by atomic mass is 10.1. The molecule has 2 atom stereocenters. The van der Waals surface area contributed by atoms with Crippen molar-refractivity contribution in [3.63, 3.8) is 0 Å². The maximum Gasteiger partial charge on any atom is 0.240 e. The van der Waals surface area contributed by atoms with Gasteiger partial charge in [-0.1, -0.05) is 13.8 Å². The van der Waals surface area contributed by atoms with Crippen molar-refractivity contribution in [3.8, 4) is 0 Å². The van der Waals surface area contributed by atoms with Crippen molar-refractivity contribution >= 4 is 5.91 Å². The van der Waals surface area contributed by atoms with Gasteiger partial charge in [-0.25, -0.2) is 0 Å². The first-order valence-electron chi connectivity index (χ1n) is 5.09. The average molecular weight is 184 g/mol. The van der Waals surface area contributed by atoms with Crippen molar-refractivity contribution < 1.29 is 4.79 Å². The Labute approximate surface area is 80.5 Å². The summed E-state index contributed by atoms with van der Waals surface area (Å²) >= 11 is 0. The van der Waals surface area contributed by atoms with Gasteiger partial charge in [0.25, 0.3) is 0 Å². The topological polar surface area (TPSA) is 32.3 Å². The zero-order chi connectivity index (χ0) is 10.0. The molecule has 76 valence electrons. The summed E-state index contributed by atoms with van der Waals surface area (Å²) in [4.78, 5) is 13.5. The number of hydrogen-bond donors (Lipinski definition) is 1. The van der Waals surface area contributed by atoms with Crippen molar-refractivity contribution in [2.24, 2.45) is 5.92 Å². The van der Waals surface area contributed by atoms with E-state index in [4.69, 9.17) is 0 Å². The summed E-state index contributed by atoms with van der Waals surface area (Å²) in [6.45, 7) is 9.22. The standard InChI is InChI=1S/C10H20N2O/c1-7(2)5-6-12-9(4)11-8(3)10(12)13/h7-9,11H,5-6H2,1-4H3. The summed E-state index contributed by atoms with van der Waals surface area (Å²) in [5.74, 6) is 0.907. The molecule has 13 heavy (non-hydrogen) atoms. The fraction of sp³-hybridized carbons (Fsp3) is 0.900. The van der Waals surface area contributed by atoms with E-state index in [1.165, 1.54) is 0 Å². The molecule has 1 rings (SSSR count). The van der Waals surface area contributed by atoms with Gasteiger partial charge in [-0.15, -0.1) is 0 Å². The van der Waals surface area contributed by atoms with E-state index in [2.05, 4.69) is 19.2 Å². The molecule has 1 heterocycles. The minimum atomic E-state index is 0.00200. The van der Waals surface area contributed by atoms with Crippen LogP contribution in [0.2, 0.25) is 0 Å². The Hall–Kier alpha value is -0.570. The molecule has 0 saturated carbocycles. The third kappa shape index (κ3) is 2.44. The van der Waals surface area contributed by atoms with Gasteiger partial charge in [0.1, 0.15) is 0 Å². The fourth-order valence-electron chi connectivity index (χ4n) is 1.66. The van der Waals surface area contributed by atoms with Crippen LogP contribution in [-0.4, -0.2) is 29.6 Å². The lowest BCUT2D eigenvalue weighted by Crippen LogP contribution is -2.35. The van der Waals surface area contributed by atoms with E-state index < -0.39 is 0 Å². The molecule has 1 aliphatic rings.